The lowest BCUT2D eigenvalue weighted by Gasteiger charge is -2.32. The molecule has 0 aromatic carbocycles. The van der Waals surface area contributed by atoms with Crippen LogP contribution in [0, 0.1) is 0 Å². The van der Waals surface area contributed by atoms with Crippen LogP contribution in [0.2, 0.25) is 0 Å². The van der Waals surface area contributed by atoms with Crippen LogP contribution >= 0.6 is 0 Å². The van der Waals surface area contributed by atoms with Gasteiger partial charge in [0, 0.05) is 24.5 Å². The van der Waals surface area contributed by atoms with Gasteiger partial charge < -0.3 is 10.6 Å². The monoisotopic (exact) mass is 436 g/mol. The van der Waals surface area contributed by atoms with E-state index in [0.29, 0.717) is 11.4 Å². The Kier molecular flexibility index (Phi) is 7.01. The molecule has 1 saturated carbocycles. The van der Waals surface area contributed by atoms with Gasteiger partial charge in [-0.15, -0.1) is 0 Å². The molecule has 1 aliphatic rings. The summed E-state index contributed by atoms with van der Waals surface area (Å²) in [6.07, 6.45) is 7.05. The molecule has 6 heteroatoms. The van der Waals surface area contributed by atoms with Crippen LogP contribution in [0.4, 0.5) is 0 Å². The van der Waals surface area contributed by atoms with Crippen LogP contribution in [0.1, 0.15) is 99.3 Å². The van der Waals surface area contributed by atoms with Gasteiger partial charge in [0.1, 0.15) is 11.4 Å². The molecule has 2 atom stereocenters. The van der Waals surface area contributed by atoms with Crippen molar-refractivity contribution in [3.8, 4) is 0 Å². The first-order chi connectivity index (χ1) is 14.9. The van der Waals surface area contributed by atoms with Gasteiger partial charge in [0.15, 0.2) is 0 Å². The van der Waals surface area contributed by atoms with Gasteiger partial charge in [-0.3, -0.25) is 19.6 Å². The Morgan fingerprint density at radius 2 is 1.12 bits per heavy atom. The van der Waals surface area contributed by atoms with Crippen molar-refractivity contribution in [3.63, 3.8) is 0 Å². The normalized spacial score (nSPS) is 19.3. The number of aromatic nitrogens is 2. The Balaban J connectivity index is 1.71. The zero-order chi connectivity index (χ0) is 23.5. The minimum Gasteiger partial charge on any atom is -0.346 e. The van der Waals surface area contributed by atoms with Gasteiger partial charge in [-0.2, -0.15) is 0 Å². The highest BCUT2D eigenvalue weighted by atomic mass is 16.2. The molecule has 2 N–H and O–H groups in total. The van der Waals surface area contributed by atoms with E-state index in [-0.39, 0.29) is 34.7 Å². The second-order valence-electron chi connectivity index (χ2n) is 10.8. The SMILES string of the molecule is CC(C)(C)c1ccnc(C(=O)N[C@@H]2CCCC[C@H]2NC(=O)c2cc(C(C)(C)C)ccn2)c1. The van der Waals surface area contributed by atoms with Crippen molar-refractivity contribution < 1.29 is 9.59 Å². The lowest BCUT2D eigenvalue weighted by Crippen LogP contribution is -2.53. The zero-order valence-electron chi connectivity index (χ0n) is 20.2. The van der Waals surface area contributed by atoms with E-state index in [4.69, 9.17) is 0 Å². The Morgan fingerprint density at radius 3 is 1.47 bits per heavy atom. The maximum atomic E-state index is 12.9. The van der Waals surface area contributed by atoms with E-state index >= 15 is 0 Å². The molecule has 0 unspecified atom stereocenters. The Bertz CT molecular complexity index is 893. The predicted molar refractivity (Wildman–Crippen MR) is 127 cm³/mol. The van der Waals surface area contributed by atoms with E-state index in [0.717, 1.165) is 36.8 Å². The van der Waals surface area contributed by atoms with Gasteiger partial charge in [0.2, 0.25) is 0 Å². The van der Waals surface area contributed by atoms with Crippen molar-refractivity contribution in [1.82, 2.24) is 20.6 Å². The molecule has 0 saturated heterocycles. The highest BCUT2D eigenvalue weighted by molar-refractivity contribution is 5.94. The molecule has 6 nitrogen and oxygen atoms in total. The quantitative estimate of drug-likeness (QED) is 0.737. The van der Waals surface area contributed by atoms with Crippen LogP contribution in [-0.4, -0.2) is 33.9 Å². The largest absolute Gasteiger partial charge is 0.346 e. The summed E-state index contributed by atoms with van der Waals surface area (Å²) in [5, 5.41) is 6.24. The Labute approximate surface area is 191 Å². The van der Waals surface area contributed by atoms with Gasteiger partial charge in [-0.25, -0.2) is 0 Å². The van der Waals surface area contributed by atoms with E-state index in [9.17, 15) is 9.59 Å². The van der Waals surface area contributed by atoms with Crippen molar-refractivity contribution >= 4 is 11.8 Å². The first-order valence-electron chi connectivity index (χ1n) is 11.5. The number of carbonyl (C=O) groups excluding carboxylic acids is 2. The summed E-state index contributed by atoms with van der Waals surface area (Å²) in [4.78, 5) is 34.4. The van der Waals surface area contributed by atoms with Crippen molar-refractivity contribution in [2.75, 3.05) is 0 Å². The van der Waals surface area contributed by atoms with Crippen molar-refractivity contribution in [1.29, 1.82) is 0 Å². The first-order valence-corrected chi connectivity index (χ1v) is 11.5. The van der Waals surface area contributed by atoms with Crippen LogP contribution in [-0.2, 0) is 10.8 Å². The topological polar surface area (TPSA) is 84.0 Å². The number of hydrogen-bond donors (Lipinski definition) is 2. The van der Waals surface area contributed by atoms with Crippen LogP contribution in [0.3, 0.4) is 0 Å². The second kappa shape index (κ2) is 9.39. The fourth-order valence-electron chi connectivity index (χ4n) is 4.00. The van der Waals surface area contributed by atoms with Crippen LogP contribution < -0.4 is 10.6 Å². The summed E-state index contributed by atoms with van der Waals surface area (Å²) in [5.74, 6) is -0.398. The summed E-state index contributed by atoms with van der Waals surface area (Å²) in [7, 11) is 0. The number of nitrogens with one attached hydrogen (secondary N) is 2. The number of carbonyl (C=O) groups is 2. The van der Waals surface area contributed by atoms with Crippen molar-refractivity contribution in [3.05, 3.63) is 59.2 Å². The summed E-state index contributed by atoms with van der Waals surface area (Å²) in [6.45, 7) is 12.7. The summed E-state index contributed by atoms with van der Waals surface area (Å²) in [6, 6.07) is 7.33. The Morgan fingerprint density at radius 1 is 0.750 bits per heavy atom. The average Bonchev–Trinajstić information content (AvgIpc) is 2.74. The number of pyridine rings is 2. The number of amides is 2. The van der Waals surface area contributed by atoms with E-state index in [2.05, 4.69) is 62.1 Å². The average molecular weight is 437 g/mol. The Hall–Kier alpha value is -2.76. The predicted octanol–water partition coefficient (Wildman–Crippen LogP) is 4.54. The van der Waals surface area contributed by atoms with Gasteiger partial charge in [0.25, 0.3) is 11.8 Å². The fraction of sp³-hybridized carbons (Fsp3) is 0.538. The molecular weight excluding hydrogens is 400 g/mol. The van der Waals surface area contributed by atoms with E-state index in [1.807, 2.05) is 24.3 Å². The number of rotatable bonds is 4. The third kappa shape index (κ3) is 5.93. The lowest BCUT2D eigenvalue weighted by atomic mass is 9.87. The molecule has 2 amide bonds. The molecule has 0 spiro atoms. The molecule has 1 fully saturated rings. The molecule has 0 aliphatic heterocycles. The highest BCUT2D eigenvalue weighted by Gasteiger charge is 2.29. The number of nitrogens with zero attached hydrogens (tertiary/aromatic N) is 2. The summed E-state index contributed by atoms with van der Waals surface area (Å²) in [5.41, 5.74) is 2.83. The maximum absolute atomic E-state index is 12.9. The zero-order valence-corrected chi connectivity index (χ0v) is 20.2. The molecule has 0 bridgehead atoms. The molecule has 172 valence electrons. The van der Waals surface area contributed by atoms with Gasteiger partial charge in [-0.05, 0) is 59.1 Å². The molecule has 0 radical (unpaired) electrons. The molecule has 2 aromatic heterocycles. The molecular formula is C26H36N4O2. The third-order valence-corrected chi connectivity index (χ3v) is 6.12. The molecule has 2 heterocycles. The van der Waals surface area contributed by atoms with Gasteiger partial charge in [-0.1, -0.05) is 54.4 Å². The van der Waals surface area contributed by atoms with Gasteiger partial charge >= 0.3 is 0 Å². The lowest BCUT2D eigenvalue weighted by molar-refractivity contribution is 0.0857. The number of hydrogen-bond acceptors (Lipinski definition) is 4. The minimum absolute atomic E-state index is 0.0616. The fourth-order valence-corrected chi connectivity index (χ4v) is 4.00. The standard InChI is InChI=1S/C26H36N4O2/c1-25(2,3)17-11-13-27-21(15-17)23(31)29-19-9-7-8-10-20(19)30-24(32)22-16-18(12-14-28-22)26(4,5)6/h11-16,19-20H,7-10H2,1-6H3,(H,29,31)(H,30,32)/t19-,20-/m1/s1. The van der Waals surface area contributed by atoms with Crippen LogP contribution in [0.5, 0.6) is 0 Å². The van der Waals surface area contributed by atoms with E-state index in [1.54, 1.807) is 12.4 Å². The molecule has 3 rings (SSSR count). The van der Waals surface area contributed by atoms with E-state index in [1.165, 1.54) is 0 Å². The van der Waals surface area contributed by atoms with E-state index < -0.39 is 0 Å². The summed E-state index contributed by atoms with van der Waals surface area (Å²) >= 11 is 0. The highest BCUT2D eigenvalue weighted by Crippen LogP contribution is 2.24. The maximum Gasteiger partial charge on any atom is 0.270 e. The third-order valence-electron chi connectivity index (χ3n) is 6.12. The van der Waals surface area contributed by atoms with Crippen LogP contribution in [0.25, 0.3) is 0 Å². The van der Waals surface area contributed by atoms with Crippen molar-refractivity contribution in [2.45, 2.75) is 90.1 Å². The van der Waals surface area contributed by atoms with Crippen LogP contribution in [0.15, 0.2) is 36.7 Å². The molecule has 32 heavy (non-hydrogen) atoms. The van der Waals surface area contributed by atoms with Crippen molar-refractivity contribution in [2.24, 2.45) is 0 Å². The first kappa shape index (κ1) is 23.9. The molecule has 1 aliphatic carbocycles. The van der Waals surface area contributed by atoms with Gasteiger partial charge in [0.05, 0.1) is 0 Å². The molecule has 2 aromatic rings. The minimum atomic E-state index is -0.199. The smallest absolute Gasteiger partial charge is 0.270 e. The summed E-state index contributed by atoms with van der Waals surface area (Å²) < 4.78 is 0. The second-order valence-corrected chi connectivity index (χ2v) is 10.8.